The minimum absolute atomic E-state index is 0.0762. The molecule has 0 unspecified atom stereocenters. The molecule has 21 heavy (non-hydrogen) atoms. The molecule has 0 aliphatic heterocycles. The van der Waals surface area contributed by atoms with E-state index < -0.39 is 10.8 Å². The smallest absolute Gasteiger partial charge is 0.271 e. The number of hydrogen-bond acceptors (Lipinski definition) is 5. The Morgan fingerprint density at radius 3 is 2.62 bits per heavy atom. The molecule has 0 aliphatic rings. The summed E-state index contributed by atoms with van der Waals surface area (Å²) in [5.41, 5.74) is 5.72. The number of halogens is 1. The Hall–Kier alpha value is -2.80. The van der Waals surface area contributed by atoms with Gasteiger partial charge in [0.15, 0.2) is 0 Å². The van der Waals surface area contributed by atoms with Crippen molar-refractivity contribution < 1.29 is 14.8 Å². The summed E-state index contributed by atoms with van der Waals surface area (Å²) in [4.78, 5) is 22.1. The Balaban J connectivity index is 2.31. The van der Waals surface area contributed by atoms with Crippen molar-refractivity contribution in [3.05, 3.63) is 57.1 Å². The lowest BCUT2D eigenvalue weighted by Gasteiger charge is -2.08. The van der Waals surface area contributed by atoms with Gasteiger partial charge in [0.05, 0.1) is 10.6 Å². The molecule has 0 saturated heterocycles. The highest BCUT2D eigenvalue weighted by Gasteiger charge is 2.14. The summed E-state index contributed by atoms with van der Waals surface area (Å²) < 4.78 is 0. The van der Waals surface area contributed by atoms with Crippen molar-refractivity contribution in [1.82, 2.24) is 0 Å². The monoisotopic (exact) mass is 307 g/mol. The number of nitrogen functional groups attached to an aromatic ring is 1. The third kappa shape index (κ3) is 3.40. The van der Waals surface area contributed by atoms with Gasteiger partial charge in [0.2, 0.25) is 0 Å². The van der Waals surface area contributed by atoms with Gasteiger partial charge in [-0.3, -0.25) is 14.9 Å². The molecule has 0 aromatic heterocycles. The van der Waals surface area contributed by atoms with E-state index in [2.05, 4.69) is 5.32 Å². The van der Waals surface area contributed by atoms with Crippen molar-refractivity contribution in [3.63, 3.8) is 0 Å². The van der Waals surface area contributed by atoms with Gasteiger partial charge in [0.1, 0.15) is 5.75 Å². The Morgan fingerprint density at radius 1 is 1.29 bits per heavy atom. The number of hydrogen-bond donors (Lipinski definition) is 3. The molecule has 1 amide bonds. The number of carbonyl (C=O) groups excluding carboxylic acids is 1. The van der Waals surface area contributed by atoms with E-state index in [4.69, 9.17) is 17.3 Å². The third-order valence-corrected chi connectivity index (χ3v) is 2.84. The van der Waals surface area contributed by atoms with Crippen LogP contribution in [0.5, 0.6) is 5.75 Å². The van der Waals surface area contributed by atoms with E-state index in [0.717, 1.165) is 18.2 Å². The van der Waals surface area contributed by atoms with Gasteiger partial charge in [0.25, 0.3) is 11.6 Å². The minimum atomic E-state index is -0.632. The average Bonchev–Trinajstić information content (AvgIpc) is 2.39. The lowest BCUT2D eigenvalue weighted by Crippen LogP contribution is -2.12. The third-order valence-electron chi connectivity index (χ3n) is 2.62. The van der Waals surface area contributed by atoms with Crippen molar-refractivity contribution in [1.29, 1.82) is 0 Å². The van der Waals surface area contributed by atoms with Crippen molar-refractivity contribution in [2.75, 3.05) is 11.1 Å². The van der Waals surface area contributed by atoms with Gasteiger partial charge in [0, 0.05) is 28.4 Å². The van der Waals surface area contributed by atoms with Crippen LogP contribution in [0, 0.1) is 10.1 Å². The fraction of sp³-hybridized carbons (Fsp3) is 0. The molecular weight excluding hydrogens is 298 g/mol. The Morgan fingerprint density at radius 2 is 2.00 bits per heavy atom. The van der Waals surface area contributed by atoms with Gasteiger partial charge >= 0.3 is 0 Å². The summed E-state index contributed by atoms with van der Waals surface area (Å²) in [5, 5.41) is 23.0. The Kier molecular flexibility index (Phi) is 3.95. The number of anilines is 2. The zero-order valence-corrected chi connectivity index (χ0v) is 11.3. The summed E-state index contributed by atoms with van der Waals surface area (Å²) in [6, 6.07) is 7.57. The first-order valence-corrected chi connectivity index (χ1v) is 6.09. The van der Waals surface area contributed by atoms with Crippen molar-refractivity contribution in [2.45, 2.75) is 0 Å². The van der Waals surface area contributed by atoms with Crippen molar-refractivity contribution in [2.24, 2.45) is 0 Å². The van der Waals surface area contributed by atoms with E-state index in [-0.39, 0.29) is 27.7 Å². The summed E-state index contributed by atoms with van der Waals surface area (Å²) in [6.45, 7) is 0. The normalized spacial score (nSPS) is 10.1. The van der Waals surface area contributed by atoms with Crippen LogP contribution in [0.3, 0.4) is 0 Å². The van der Waals surface area contributed by atoms with Gasteiger partial charge < -0.3 is 16.2 Å². The summed E-state index contributed by atoms with van der Waals surface area (Å²) in [6.07, 6.45) is 0. The van der Waals surface area contributed by atoms with E-state index in [9.17, 15) is 20.0 Å². The fourth-order valence-electron chi connectivity index (χ4n) is 1.68. The maximum atomic E-state index is 12.0. The first-order chi connectivity index (χ1) is 9.86. The second kappa shape index (κ2) is 5.68. The number of nitrogens with one attached hydrogen (secondary N) is 1. The van der Waals surface area contributed by atoms with Crippen LogP contribution in [0.25, 0.3) is 0 Å². The summed E-state index contributed by atoms with van der Waals surface area (Å²) in [5.74, 6) is -0.885. The number of phenols is 1. The van der Waals surface area contributed by atoms with Gasteiger partial charge in [-0.2, -0.15) is 0 Å². The Labute approximate surface area is 124 Å². The molecule has 2 aromatic carbocycles. The van der Waals surface area contributed by atoms with Crippen LogP contribution in [0.4, 0.5) is 17.1 Å². The second-order valence-corrected chi connectivity index (χ2v) is 4.62. The van der Waals surface area contributed by atoms with Crippen molar-refractivity contribution >= 4 is 34.6 Å². The van der Waals surface area contributed by atoms with Gasteiger partial charge in [-0.15, -0.1) is 0 Å². The molecule has 0 saturated carbocycles. The van der Waals surface area contributed by atoms with Gasteiger partial charge in [-0.1, -0.05) is 11.6 Å². The lowest BCUT2D eigenvalue weighted by molar-refractivity contribution is -0.384. The molecule has 2 aromatic rings. The van der Waals surface area contributed by atoms with Crippen LogP contribution < -0.4 is 11.1 Å². The standard InChI is InChI=1S/C13H10ClN3O4/c14-8-3-7(4-9(15)5-8)13(19)16-11-6-10(17(20)21)1-2-12(11)18/h1-6,18H,15H2,(H,16,19). The Bertz CT molecular complexity index is 713. The first kappa shape index (κ1) is 14.6. The lowest BCUT2D eigenvalue weighted by atomic mass is 10.1. The number of rotatable bonds is 3. The van der Waals surface area contributed by atoms with E-state index in [1.807, 2.05) is 0 Å². The number of nitro benzene ring substituents is 1. The van der Waals surface area contributed by atoms with E-state index in [0.29, 0.717) is 5.69 Å². The molecule has 0 fully saturated rings. The molecule has 2 rings (SSSR count). The number of nitro groups is 1. The second-order valence-electron chi connectivity index (χ2n) is 4.19. The maximum absolute atomic E-state index is 12.0. The molecule has 8 heteroatoms. The number of non-ortho nitro benzene ring substituents is 1. The molecule has 4 N–H and O–H groups in total. The summed E-state index contributed by atoms with van der Waals surface area (Å²) >= 11 is 5.80. The van der Waals surface area contributed by atoms with Crippen LogP contribution >= 0.6 is 11.6 Å². The predicted molar refractivity (Wildman–Crippen MR) is 78.6 cm³/mol. The molecule has 0 spiro atoms. The highest BCUT2D eigenvalue weighted by molar-refractivity contribution is 6.31. The van der Waals surface area contributed by atoms with Crippen LogP contribution in [-0.4, -0.2) is 15.9 Å². The SMILES string of the molecule is Nc1cc(Cl)cc(C(=O)Nc2cc([N+](=O)[O-])ccc2O)c1. The van der Waals surface area contributed by atoms with E-state index in [1.165, 1.54) is 18.2 Å². The molecule has 0 heterocycles. The van der Waals surface area contributed by atoms with E-state index >= 15 is 0 Å². The van der Waals surface area contributed by atoms with Crippen molar-refractivity contribution in [3.8, 4) is 5.75 Å². The highest BCUT2D eigenvalue weighted by Crippen LogP contribution is 2.28. The van der Waals surface area contributed by atoms with E-state index in [1.54, 1.807) is 0 Å². The molecule has 108 valence electrons. The average molecular weight is 308 g/mol. The van der Waals surface area contributed by atoms with Gasteiger partial charge in [-0.25, -0.2) is 0 Å². The number of nitrogens with zero attached hydrogens (tertiary/aromatic N) is 1. The molecule has 7 nitrogen and oxygen atoms in total. The number of benzene rings is 2. The highest BCUT2D eigenvalue weighted by atomic mass is 35.5. The quantitative estimate of drug-likeness (QED) is 0.349. The topological polar surface area (TPSA) is 118 Å². The zero-order valence-electron chi connectivity index (χ0n) is 10.5. The zero-order chi connectivity index (χ0) is 15.6. The minimum Gasteiger partial charge on any atom is -0.506 e. The molecule has 0 radical (unpaired) electrons. The molecule has 0 atom stereocenters. The molecule has 0 aliphatic carbocycles. The number of phenolic OH excluding ortho intramolecular Hbond substituents is 1. The number of amides is 1. The molecule has 0 bridgehead atoms. The van der Waals surface area contributed by atoms with Gasteiger partial charge in [-0.05, 0) is 24.3 Å². The maximum Gasteiger partial charge on any atom is 0.271 e. The molecular formula is C13H10ClN3O4. The fourth-order valence-corrected chi connectivity index (χ4v) is 1.92. The van der Waals surface area contributed by atoms with Crippen LogP contribution in [0.15, 0.2) is 36.4 Å². The largest absolute Gasteiger partial charge is 0.506 e. The van der Waals surface area contributed by atoms with Crippen LogP contribution in [0.1, 0.15) is 10.4 Å². The first-order valence-electron chi connectivity index (χ1n) is 5.71. The van der Waals surface area contributed by atoms with Crippen LogP contribution in [0.2, 0.25) is 5.02 Å². The number of nitrogens with two attached hydrogens (primary N) is 1. The predicted octanol–water partition coefficient (Wildman–Crippen LogP) is 2.79. The number of aromatic hydroxyl groups is 1. The number of carbonyl (C=O) groups is 1. The summed E-state index contributed by atoms with van der Waals surface area (Å²) in [7, 11) is 0. The van der Waals surface area contributed by atoms with Crippen LogP contribution in [-0.2, 0) is 0 Å².